The van der Waals surface area contributed by atoms with Crippen molar-refractivity contribution in [3.8, 4) is 0 Å². The topological polar surface area (TPSA) is 50.2 Å². The second-order valence-electron chi connectivity index (χ2n) is 2.70. The fraction of sp³-hybridized carbons (Fsp3) is 0.778. The summed E-state index contributed by atoms with van der Waals surface area (Å²) < 4.78 is 4.94. The first kappa shape index (κ1) is 11.1. The molecule has 0 saturated carbocycles. The first-order chi connectivity index (χ1) is 5.76. The number of carbonyl (C=O) groups excluding carboxylic acids is 1. The summed E-state index contributed by atoms with van der Waals surface area (Å²) in [5.74, 6) is -0.609. The lowest BCUT2D eigenvalue weighted by molar-refractivity contribution is -0.146. The van der Waals surface area contributed by atoms with Gasteiger partial charge in [-0.3, -0.25) is 4.79 Å². The van der Waals surface area contributed by atoms with Gasteiger partial charge in [-0.2, -0.15) is 0 Å². The third kappa shape index (κ3) is 4.11. The first-order valence-electron chi connectivity index (χ1n) is 4.43. The summed E-state index contributed by atoms with van der Waals surface area (Å²) in [6, 6.07) is 0. The number of nitrogens with one attached hydrogen (secondary N) is 1. The zero-order valence-electron chi connectivity index (χ0n) is 7.80. The number of rotatable bonds is 6. The predicted molar refractivity (Wildman–Crippen MR) is 48.4 cm³/mol. The number of esters is 1. The summed E-state index contributed by atoms with van der Waals surface area (Å²) in [6.45, 7) is 4.40. The number of hydrogen-bond donors (Lipinski definition) is 1. The first-order valence-corrected chi connectivity index (χ1v) is 4.43. The summed E-state index contributed by atoms with van der Waals surface area (Å²) in [7, 11) is 0. The maximum atomic E-state index is 11.1. The van der Waals surface area contributed by atoms with Crippen molar-refractivity contribution in [1.82, 2.24) is 0 Å². The van der Waals surface area contributed by atoms with Gasteiger partial charge in [-0.05, 0) is 12.8 Å². The summed E-state index contributed by atoms with van der Waals surface area (Å²) in [5.41, 5.74) is 0. The van der Waals surface area contributed by atoms with Crippen LogP contribution < -0.4 is 0 Å². The Labute approximate surface area is 73.6 Å². The molecule has 1 unspecified atom stereocenters. The quantitative estimate of drug-likeness (QED) is 0.377. The average Bonchev–Trinajstić information content (AvgIpc) is 2.07. The highest BCUT2D eigenvalue weighted by molar-refractivity contribution is 5.88. The van der Waals surface area contributed by atoms with Crippen LogP contribution in [0.1, 0.15) is 33.1 Å². The standard InChI is InChI=1S/C9H17NO2/c1-3-5-6-12-9(11)8(4-2)7-10/h7-8,10H,3-6H2,1-2H3. The summed E-state index contributed by atoms with van der Waals surface area (Å²) in [5, 5.41) is 6.94. The minimum absolute atomic E-state index is 0.263. The van der Waals surface area contributed by atoms with E-state index in [2.05, 4.69) is 0 Å². The van der Waals surface area contributed by atoms with Crippen LogP contribution in [-0.4, -0.2) is 18.8 Å². The van der Waals surface area contributed by atoms with Crippen molar-refractivity contribution in [2.75, 3.05) is 6.61 Å². The van der Waals surface area contributed by atoms with E-state index in [1.54, 1.807) is 0 Å². The maximum absolute atomic E-state index is 11.1. The van der Waals surface area contributed by atoms with E-state index in [9.17, 15) is 4.79 Å². The van der Waals surface area contributed by atoms with Crippen molar-refractivity contribution in [1.29, 1.82) is 5.41 Å². The van der Waals surface area contributed by atoms with Gasteiger partial charge < -0.3 is 10.1 Å². The third-order valence-electron chi connectivity index (χ3n) is 1.69. The van der Waals surface area contributed by atoms with Crippen LogP contribution in [0.25, 0.3) is 0 Å². The largest absolute Gasteiger partial charge is 0.465 e. The number of unbranched alkanes of at least 4 members (excludes halogenated alkanes) is 1. The lowest BCUT2D eigenvalue weighted by Crippen LogP contribution is -2.18. The second kappa shape index (κ2) is 6.83. The minimum atomic E-state index is -0.346. The molecule has 3 nitrogen and oxygen atoms in total. The number of carbonyl (C=O) groups is 1. The van der Waals surface area contributed by atoms with E-state index in [1.165, 1.54) is 0 Å². The SMILES string of the molecule is CCCCOC(=O)C(C=N)CC. The Morgan fingerprint density at radius 2 is 2.25 bits per heavy atom. The van der Waals surface area contributed by atoms with Crippen molar-refractivity contribution in [3.05, 3.63) is 0 Å². The molecule has 0 heterocycles. The molecule has 1 N–H and O–H groups in total. The maximum Gasteiger partial charge on any atom is 0.314 e. The van der Waals surface area contributed by atoms with Crippen molar-refractivity contribution < 1.29 is 9.53 Å². The third-order valence-corrected chi connectivity index (χ3v) is 1.69. The molecule has 0 aromatic rings. The van der Waals surface area contributed by atoms with Crippen molar-refractivity contribution >= 4 is 12.2 Å². The van der Waals surface area contributed by atoms with Crippen LogP contribution in [0, 0.1) is 11.3 Å². The fourth-order valence-electron chi connectivity index (χ4n) is 0.777. The van der Waals surface area contributed by atoms with Crippen molar-refractivity contribution in [2.24, 2.45) is 5.92 Å². The lowest BCUT2D eigenvalue weighted by Gasteiger charge is -2.08. The molecule has 0 aliphatic carbocycles. The molecule has 0 aliphatic rings. The van der Waals surface area contributed by atoms with E-state index in [0.29, 0.717) is 13.0 Å². The number of ether oxygens (including phenoxy) is 1. The van der Waals surface area contributed by atoms with Crippen LogP contribution >= 0.6 is 0 Å². The zero-order chi connectivity index (χ0) is 9.40. The van der Waals surface area contributed by atoms with E-state index in [-0.39, 0.29) is 11.9 Å². The van der Waals surface area contributed by atoms with Gasteiger partial charge in [-0.1, -0.05) is 20.3 Å². The fourth-order valence-corrected chi connectivity index (χ4v) is 0.777. The Morgan fingerprint density at radius 3 is 2.67 bits per heavy atom. The molecule has 0 bridgehead atoms. The molecule has 0 aromatic heterocycles. The lowest BCUT2D eigenvalue weighted by atomic mass is 10.1. The molecule has 0 amide bonds. The van der Waals surface area contributed by atoms with Gasteiger partial charge in [0.2, 0.25) is 0 Å². The highest BCUT2D eigenvalue weighted by atomic mass is 16.5. The Bertz CT molecular complexity index is 145. The zero-order valence-corrected chi connectivity index (χ0v) is 7.80. The van der Waals surface area contributed by atoms with E-state index >= 15 is 0 Å². The predicted octanol–water partition coefficient (Wildman–Crippen LogP) is 2.01. The number of hydrogen-bond acceptors (Lipinski definition) is 3. The van der Waals surface area contributed by atoms with Crippen molar-refractivity contribution in [2.45, 2.75) is 33.1 Å². The van der Waals surface area contributed by atoms with Crippen LogP contribution in [0.3, 0.4) is 0 Å². The second-order valence-corrected chi connectivity index (χ2v) is 2.70. The Hall–Kier alpha value is -0.860. The van der Waals surface area contributed by atoms with Crippen LogP contribution in [-0.2, 0) is 9.53 Å². The van der Waals surface area contributed by atoms with E-state index in [1.807, 2.05) is 13.8 Å². The smallest absolute Gasteiger partial charge is 0.314 e. The van der Waals surface area contributed by atoms with Crippen molar-refractivity contribution in [3.63, 3.8) is 0 Å². The minimum Gasteiger partial charge on any atom is -0.465 e. The van der Waals surface area contributed by atoms with Gasteiger partial charge in [0.1, 0.15) is 0 Å². The van der Waals surface area contributed by atoms with Gasteiger partial charge in [-0.15, -0.1) is 0 Å². The van der Waals surface area contributed by atoms with Gasteiger partial charge >= 0.3 is 5.97 Å². The normalized spacial score (nSPS) is 12.2. The van der Waals surface area contributed by atoms with E-state index < -0.39 is 0 Å². The summed E-state index contributed by atoms with van der Waals surface area (Å²) in [6.07, 6.45) is 3.72. The molecule has 0 rings (SSSR count). The van der Waals surface area contributed by atoms with Gasteiger partial charge in [0.15, 0.2) is 0 Å². The molecule has 3 heteroatoms. The molecule has 1 atom stereocenters. The average molecular weight is 171 g/mol. The van der Waals surface area contributed by atoms with Crippen LogP contribution in [0.4, 0.5) is 0 Å². The highest BCUT2D eigenvalue weighted by Crippen LogP contribution is 2.02. The van der Waals surface area contributed by atoms with Crippen LogP contribution in [0.15, 0.2) is 0 Å². The van der Waals surface area contributed by atoms with Gasteiger partial charge in [0.05, 0.1) is 12.5 Å². The Morgan fingerprint density at radius 1 is 1.58 bits per heavy atom. The molecular weight excluding hydrogens is 154 g/mol. The molecule has 0 radical (unpaired) electrons. The van der Waals surface area contributed by atoms with E-state index in [4.69, 9.17) is 10.1 Å². The molecule has 0 fully saturated rings. The molecule has 12 heavy (non-hydrogen) atoms. The molecule has 0 spiro atoms. The molecule has 0 aliphatic heterocycles. The van der Waals surface area contributed by atoms with Gasteiger partial charge in [-0.25, -0.2) is 0 Å². The van der Waals surface area contributed by atoms with E-state index in [0.717, 1.165) is 19.1 Å². The van der Waals surface area contributed by atoms with Gasteiger partial charge in [0, 0.05) is 6.21 Å². The Kier molecular flexibility index (Phi) is 6.34. The Balaban J connectivity index is 3.62. The summed E-state index contributed by atoms with van der Waals surface area (Å²) >= 11 is 0. The summed E-state index contributed by atoms with van der Waals surface area (Å²) in [4.78, 5) is 11.1. The monoisotopic (exact) mass is 171 g/mol. The van der Waals surface area contributed by atoms with Crippen LogP contribution in [0.2, 0.25) is 0 Å². The molecule has 0 aromatic carbocycles. The highest BCUT2D eigenvalue weighted by Gasteiger charge is 2.13. The molecule has 0 saturated heterocycles. The van der Waals surface area contributed by atoms with Crippen LogP contribution in [0.5, 0.6) is 0 Å². The molecule has 70 valence electrons. The van der Waals surface area contributed by atoms with Gasteiger partial charge in [0.25, 0.3) is 0 Å². The molecular formula is C9H17NO2.